The lowest BCUT2D eigenvalue weighted by Crippen LogP contribution is -1.88. The maximum atomic E-state index is 13.4. The number of rotatable bonds is 2. The van der Waals surface area contributed by atoms with Crippen LogP contribution in [0.15, 0.2) is 22.8 Å². The van der Waals surface area contributed by atoms with E-state index in [2.05, 4.69) is 34.8 Å². The van der Waals surface area contributed by atoms with E-state index in [9.17, 15) is 8.78 Å². The van der Waals surface area contributed by atoms with E-state index in [0.717, 1.165) is 10.9 Å². The summed E-state index contributed by atoms with van der Waals surface area (Å²) in [7, 11) is 0. The lowest BCUT2D eigenvalue weighted by atomic mass is 10.2. The smallest absolute Gasteiger partial charge is 0.173 e. The lowest BCUT2D eigenvalue weighted by Gasteiger charge is -2.02. The second kappa shape index (κ2) is 4.82. The summed E-state index contributed by atoms with van der Waals surface area (Å²) in [5.41, 5.74) is 0.584. The SMILES string of the molecule is CC(C)c1cnc(-c2ccc(F)c(F)c2Br)s1. The van der Waals surface area contributed by atoms with Gasteiger partial charge in [0.05, 0.1) is 4.47 Å². The zero-order valence-electron chi connectivity index (χ0n) is 9.30. The molecule has 0 saturated heterocycles. The van der Waals surface area contributed by atoms with E-state index >= 15 is 0 Å². The molecule has 0 amide bonds. The largest absolute Gasteiger partial charge is 0.244 e. The van der Waals surface area contributed by atoms with Crippen molar-refractivity contribution >= 4 is 27.3 Å². The summed E-state index contributed by atoms with van der Waals surface area (Å²) in [6, 6.07) is 2.65. The first kappa shape index (κ1) is 12.6. The first-order valence-corrected chi connectivity index (χ1v) is 6.71. The molecule has 5 heteroatoms. The van der Waals surface area contributed by atoms with Crippen molar-refractivity contribution in [1.29, 1.82) is 0 Å². The van der Waals surface area contributed by atoms with Crippen LogP contribution in [0.4, 0.5) is 8.78 Å². The molecule has 2 rings (SSSR count). The molecular weight excluding hydrogens is 308 g/mol. The van der Waals surface area contributed by atoms with Crippen LogP contribution >= 0.6 is 27.3 Å². The Bertz CT molecular complexity index is 551. The molecule has 1 aromatic heterocycles. The first-order valence-electron chi connectivity index (χ1n) is 5.10. The van der Waals surface area contributed by atoms with Gasteiger partial charge in [0, 0.05) is 16.6 Å². The molecule has 0 radical (unpaired) electrons. The van der Waals surface area contributed by atoms with Gasteiger partial charge in [-0.2, -0.15) is 0 Å². The highest BCUT2D eigenvalue weighted by atomic mass is 79.9. The number of nitrogens with zero attached hydrogens (tertiary/aromatic N) is 1. The topological polar surface area (TPSA) is 12.9 Å². The highest BCUT2D eigenvalue weighted by Gasteiger charge is 2.15. The van der Waals surface area contributed by atoms with Gasteiger partial charge in [0.15, 0.2) is 11.6 Å². The van der Waals surface area contributed by atoms with Crippen LogP contribution in [-0.4, -0.2) is 4.98 Å². The third-order valence-electron chi connectivity index (χ3n) is 2.36. The molecule has 0 aliphatic carbocycles. The fourth-order valence-corrected chi connectivity index (χ4v) is 2.96. The Balaban J connectivity index is 2.49. The van der Waals surface area contributed by atoms with Crippen LogP contribution in [0, 0.1) is 11.6 Å². The van der Waals surface area contributed by atoms with E-state index in [1.807, 2.05) is 0 Å². The Labute approximate surface area is 111 Å². The van der Waals surface area contributed by atoms with E-state index in [4.69, 9.17) is 0 Å². The molecule has 1 heterocycles. The molecule has 0 bridgehead atoms. The average molecular weight is 318 g/mol. The molecule has 1 aromatic carbocycles. The molecule has 0 N–H and O–H groups in total. The average Bonchev–Trinajstić information content (AvgIpc) is 2.75. The fraction of sp³-hybridized carbons (Fsp3) is 0.250. The van der Waals surface area contributed by atoms with Crippen molar-refractivity contribution in [3.05, 3.63) is 39.3 Å². The summed E-state index contributed by atoms with van der Waals surface area (Å²) in [5, 5.41) is 0.694. The number of halogens is 3. The number of hydrogen-bond donors (Lipinski definition) is 0. The van der Waals surface area contributed by atoms with Crippen LogP contribution in [-0.2, 0) is 0 Å². The minimum Gasteiger partial charge on any atom is -0.244 e. The van der Waals surface area contributed by atoms with Crippen molar-refractivity contribution in [1.82, 2.24) is 4.98 Å². The van der Waals surface area contributed by atoms with Crippen LogP contribution in [0.3, 0.4) is 0 Å². The Morgan fingerprint density at radius 1 is 1.29 bits per heavy atom. The quantitative estimate of drug-likeness (QED) is 0.712. The van der Waals surface area contributed by atoms with E-state index in [-0.39, 0.29) is 4.47 Å². The van der Waals surface area contributed by atoms with Crippen LogP contribution in [0.25, 0.3) is 10.6 Å². The summed E-state index contributed by atoms with van der Waals surface area (Å²) in [4.78, 5) is 5.36. The van der Waals surface area contributed by atoms with Crippen molar-refractivity contribution in [2.75, 3.05) is 0 Å². The molecule has 2 aromatic rings. The number of benzene rings is 1. The van der Waals surface area contributed by atoms with Crippen molar-refractivity contribution in [2.45, 2.75) is 19.8 Å². The summed E-state index contributed by atoms with van der Waals surface area (Å²) in [6.07, 6.45) is 1.78. The third kappa shape index (κ3) is 2.40. The Morgan fingerprint density at radius 2 is 2.00 bits per heavy atom. The van der Waals surface area contributed by atoms with Gasteiger partial charge in [0.25, 0.3) is 0 Å². The van der Waals surface area contributed by atoms with Crippen LogP contribution in [0.2, 0.25) is 0 Å². The minimum atomic E-state index is -0.871. The highest BCUT2D eigenvalue weighted by molar-refractivity contribution is 9.10. The second-order valence-corrected chi connectivity index (χ2v) is 5.80. The van der Waals surface area contributed by atoms with E-state index in [0.29, 0.717) is 16.5 Å². The van der Waals surface area contributed by atoms with E-state index in [1.54, 1.807) is 6.20 Å². The Morgan fingerprint density at radius 3 is 2.59 bits per heavy atom. The minimum absolute atomic E-state index is 0.127. The molecule has 0 unspecified atom stereocenters. The number of thiazole rings is 1. The standard InChI is InChI=1S/C12H10BrF2NS/c1-6(2)9-5-16-12(17-9)7-3-4-8(14)11(15)10(7)13/h3-6H,1-2H3. The van der Waals surface area contributed by atoms with Crippen LogP contribution in [0.5, 0.6) is 0 Å². The summed E-state index contributed by atoms with van der Waals surface area (Å²) in [6.45, 7) is 4.13. The van der Waals surface area contributed by atoms with Crippen molar-refractivity contribution in [3.63, 3.8) is 0 Å². The van der Waals surface area contributed by atoms with E-state index in [1.165, 1.54) is 17.4 Å². The number of hydrogen-bond acceptors (Lipinski definition) is 2. The van der Waals surface area contributed by atoms with Gasteiger partial charge in [-0.3, -0.25) is 0 Å². The lowest BCUT2D eigenvalue weighted by molar-refractivity contribution is 0.505. The predicted octanol–water partition coefficient (Wildman–Crippen LogP) is 4.97. The maximum absolute atomic E-state index is 13.4. The molecule has 1 nitrogen and oxygen atoms in total. The Kier molecular flexibility index (Phi) is 3.58. The van der Waals surface area contributed by atoms with Crippen molar-refractivity contribution < 1.29 is 8.78 Å². The van der Waals surface area contributed by atoms with Crippen LogP contribution < -0.4 is 0 Å². The van der Waals surface area contributed by atoms with Crippen molar-refractivity contribution in [2.24, 2.45) is 0 Å². The van der Waals surface area contributed by atoms with Gasteiger partial charge < -0.3 is 0 Å². The van der Waals surface area contributed by atoms with Gasteiger partial charge >= 0.3 is 0 Å². The maximum Gasteiger partial charge on any atom is 0.173 e. The predicted molar refractivity (Wildman–Crippen MR) is 69.3 cm³/mol. The van der Waals surface area contributed by atoms with E-state index < -0.39 is 11.6 Å². The van der Waals surface area contributed by atoms with Crippen molar-refractivity contribution in [3.8, 4) is 10.6 Å². The number of aromatic nitrogens is 1. The molecule has 0 aliphatic rings. The molecule has 0 saturated carbocycles. The van der Waals surface area contributed by atoms with Gasteiger partial charge in [0.2, 0.25) is 0 Å². The van der Waals surface area contributed by atoms with Crippen LogP contribution in [0.1, 0.15) is 24.6 Å². The highest BCUT2D eigenvalue weighted by Crippen LogP contribution is 2.35. The zero-order valence-corrected chi connectivity index (χ0v) is 11.7. The third-order valence-corrected chi connectivity index (χ3v) is 4.46. The zero-order chi connectivity index (χ0) is 12.6. The molecular formula is C12H10BrF2NS. The Hall–Kier alpha value is -0.810. The monoisotopic (exact) mass is 317 g/mol. The molecule has 0 fully saturated rings. The molecule has 0 atom stereocenters. The van der Waals surface area contributed by atoms with Gasteiger partial charge in [-0.25, -0.2) is 13.8 Å². The summed E-state index contributed by atoms with van der Waals surface area (Å²) < 4.78 is 26.5. The van der Waals surface area contributed by atoms with Gasteiger partial charge in [-0.05, 0) is 34.0 Å². The fourth-order valence-electron chi connectivity index (χ4n) is 1.37. The second-order valence-electron chi connectivity index (χ2n) is 3.95. The first-order chi connectivity index (χ1) is 8.00. The normalized spacial score (nSPS) is 11.2. The summed E-state index contributed by atoms with van der Waals surface area (Å²) in [5.74, 6) is -1.35. The van der Waals surface area contributed by atoms with Gasteiger partial charge in [-0.15, -0.1) is 11.3 Å². The molecule has 0 spiro atoms. The van der Waals surface area contributed by atoms with Gasteiger partial charge in [-0.1, -0.05) is 13.8 Å². The summed E-state index contributed by atoms with van der Waals surface area (Å²) >= 11 is 4.56. The molecule has 0 aliphatic heterocycles. The molecule has 17 heavy (non-hydrogen) atoms. The van der Waals surface area contributed by atoms with Gasteiger partial charge in [0.1, 0.15) is 5.01 Å². The molecule has 90 valence electrons.